The summed E-state index contributed by atoms with van der Waals surface area (Å²) in [6.45, 7) is 1.93. The summed E-state index contributed by atoms with van der Waals surface area (Å²) in [5.41, 5.74) is 3.92. The molecule has 1 amide bonds. The van der Waals surface area contributed by atoms with Gasteiger partial charge in [0.05, 0.1) is 16.9 Å². The van der Waals surface area contributed by atoms with E-state index in [4.69, 9.17) is 0 Å². The minimum Gasteiger partial charge on any atom is -0.306 e. The molecular weight excluding hydrogens is 340 g/mol. The number of carbonyl (C=O) groups excluding carboxylic acids is 1. The van der Waals surface area contributed by atoms with E-state index in [1.54, 1.807) is 21.8 Å². The van der Waals surface area contributed by atoms with E-state index in [9.17, 15) is 4.79 Å². The Kier molecular flexibility index (Phi) is 4.25. The molecule has 1 N–H and O–H groups in total. The molecule has 0 radical (unpaired) electrons. The van der Waals surface area contributed by atoms with Gasteiger partial charge in [0.15, 0.2) is 0 Å². The molecule has 134 valence electrons. The smallest absolute Gasteiger partial charge is 0.259 e. The number of hydrogen-bond acceptors (Lipinski definition) is 4. The molecule has 0 saturated carbocycles. The quantitative estimate of drug-likeness (QED) is 0.607. The van der Waals surface area contributed by atoms with E-state index in [0.717, 1.165) is 16.8 Å². The first-order chi connectivity index (χ1) is 13.1. The molecule has 0 atom stereocenters. The van der Waals surface area contributed by atoms with E-state index in [-0.39, 0.29) is 5.91 Å². The summed E-state index contributed by atoms with van der Waals surface area (Å²) in [6.07, 6.45) is 3.00. The summed E-state index contributed by atoms with van der Waals surface area (Å²) in [6, 6.07) is 17.2. The fourth-order valence-corrected chi connectivity index (χ4v) is 3.12. The van der Waals surface area contributed by atoms with Crippen molar-refractivity contribution >= 4 is 11.7 Å². The minimum absolute atomic E-state index is 0.235. The second kappa shape index (κ2) is 6.87. The Labute approximate surface area is 156 Å². The molecule has 0 aliphatic heterocycles. The fraction of sp³-hybridized carbons (Fsp3) is 0.100. The van der Waals surface area contributed by atoms with Crippen LogP contribution in [-0.4, -0.2) is 30.5 Å². The molecule has 0 spiro atoms. The maximum atomic E-state index is 13.1. The first kappa shape index (κ1) is 16.7. The van der Waals surface area contributed by atoms with Gasteiger partial charge in [-0.1, -0.05) is 42.5 Å². The normalized spacial score (nSPS) is 10.7. The second-order valence-electron chi connectivity index (χ2n) is 6.11. The Hall–Kier alpha value is -3.74. The van der Waals surface area contributed by atoms with Gasteiger partial charge < -0.3 is 5.32 Å². The highest BCUT2D eigenvalue weighted by atomic mass is 16.1. The van der Waals surface area contributed by atoms with Crippen molar-refractivity contribution in [1.82, 2.24) is 24.5 Å². The highest BCUT2D eigenvalue weighted by Gasteiger charge is 2.20. The van der Waals surface area contributed by atoms with Crippen molar-refractivity contribution < 1.29 is 4.79 Å². The van der Waals surface area contributed by atoms with Crippen molar-refractivity contribution in [3.8, 4) is 16.8 Å². The van der Waals surface area contributed by atoms with Crippen LogP contribution in [0.25, 0.3) is 16.8 Å². The van der Waals surface area contributed by atoms with Crippen LogP contribution in [0.3, 0.4) is 0 Å². The average molecular weight is 358 g/mol. The van der Waals surface area contributed by atoms with Crippen LogP contribution in [0.15, 0.2) is 67.3 Å². The minimum atomic E-state index is -0.235. The van der Waals surface area contributed by atoms with Crippen LogP contribution in [-0.2, 0) is 7.05 Å². The van der Waals surface area contributed by atoms with Crippen LogP contribution < -0.4 is 5.32 Å². The first-order valence-corrected chi connectivity index (χ1v) is 8.49. The maximum Gasteiger partial charge on any atom is 0.259 e. The average Bonchev–Trinajstić information content (AvgIpc) is 3.31. The zero-order chi connectivity index (χ0) is 18.8. The summed E-state index contributed by atoms with van der Waals surface area (Å²) in [5, 5.41) is 11.6. The summed E-state index contributed by atoms with van der Waals surface area (Å²) >= 11 is 0. The van der Waals surface area contributed by atoms with Crippen LogP contribution in [0, 0.1) is 6.92 Å². The van der Waals surface area contributed by atoms with Crippen LogP contribution in [0.4, 0.5) is 5.82 Å². The molecule has 2 aromatic carbocycles. The summed E-state index contributed by atoms with van der Waals surface area (Å²) in [7, 11) is 1.82. The standard InChI is InChI=1S/C20H18N6O/c1-14-18(15-8-4-3-5-9-15)19(25(2)24-14)23-20(27)16-10-6-7-11-17(16)26-13-21-12-22-26/h3-13H,1-2H3,(H,23,27). The van der Waals surface area contributed by atoms with E-state index >= 15 is 0 Å². The van der Waals surface area contributed by atoms with Gasteiger partial charge in [0.1, 0.15) is 18.5 Å². The molecule has 27 heavy (non-hydrogen) atoms. The molecule has 7 nitrogen and oxygen atoms in total. The number of para-hydroxylation sites is 1. The van der Waals surface area contributed by atoms with Crippen molar-refractivity contribution in [3.63, 3.8) is 0 Å². The van der Waals surface area contributed by atoms with Gasteiger partial charge in [-0.05, 0) is 24.6 Å². The molecule has 0 saturated heterocycles. The lowest BCUT2D eigenvalue weighted by atomic mass is 10.1. The van der Waals surface area contributed by atoms with Crippen molar-refractivity contribution in [2.45, 2.75) is 6.92 Å². The molecule has 0 aliphatic rings. The van der Waals surface area contributed by atoms with E-state index in [1.165, 1.54) is 6.33 Å². The van der Waals surface area contributed by atoms with Crippen LogP contribution in [0.2, 0.25) is 0 Å². The largest absolute Gasteiger partial charge is 0.306 e. The summed E-state index contributed by atoms with van der Waals surface area (Å²) in [4.78, 5) is 17.0. The second-order valence-corrected chi connectivity index (χ2v) is 6.11. The SMILES string of the molecule is Cc1nn(C)c(NC(=O)c2ccccc2-n2cncn2)c1-c1ccccc1. The fourth-order valence-electron chi connectivity index (χ4n) is 3.12. The maximum absolute atomic E-state index is 13.1. The zero-order valence-corrected chi connectivity index (χ0v) is 15.0. The van der Waals surface area contributed by atoms with Gasteiger partial charge in [0, 0.05) is 12.6 Å². The number of hydrogen-bond donors (Lipinski definition) is 1. The molecule has 0 aliphatic carbocycles. The number of rotatable bonds is 4. The monoisotopic (exact) mass is 358 g/mol. The number of anilines is 1. The molecule has 4 rings (SSSR count). The van der Waals surface area contributed by atoms with E-state index in [1.807, 2.05) is 62.5 Å². The Morgan fingerprint density at radius 3 is 2.52 bits per heavy atom. The van der Waals surface area contributed by atoms with Gasteiger partial charge >= 0.3 is 0 Å². The van der Waals surface area contributed by atoms with Crippen molar-refractivity contribution in [3.05, 3.63) is 78.5 Å². The molecule has 7 heteroatoms. The third-order valence-electron chi connectivity index (χ3n) is 4.33. The van der Waals surface area contributed by atoms with Gasteiger partial charge in [-0.2, -0.15) is 10.2 Å². The topological polar surface area (TPSA) is 77.6 Å². The molecule has 2 heterocycles. The molecule has 4 aromatic rings. The van der Waals surface area contributed by atoms with Gasteiger partial charge in [0.2, 0.25) is 0 Å². The lowest BCUT2D eigenvalue weighted by Gasteiger charge is -2.12. The first-order valence-electron chi connectivity index (χ1n) is 8.49. The number of carbonyl (C=O) groups is 1. The van der Waals surface area contributed by atoms with E-state index in [0.29, 0.717) is 17.1 Å². The molecule has 0 bridgehead atoms. The van der Waals surface area contributed by atoms with Crippen molar-refractivity contribution in [2.75, 3.05) is 5.32 Å². The van der Waals surface area contributed by atoms with Crippen LogP contribution >= 0.6 is 0 Å². The Morgan fingerprint density at radius 1 is 1.04 bits per heavy atom. The molecule has 2 aromatic heterocycles. The number of nitrogens with zero attached hydrogens (tertiary/aromatic N) is 5. The highest BCUT2D eigenvalue weighted by molar-refractivity contribution is 6.08. The number of nitrogens with one attached hydrogen (secondary N) is 1. The van der Waals surface area contributed by atoms with Crippen LogP contribution in [0.5, 0.6) is 0 Å². The Balaban J connectivity index is 1.74. The molecule has 0 unspecified atom stereocenters. The Morgan fingerprint density at radius 2 is 1.78 bits per heavy atom. The number of aryl methyl sites for hydroxylation is 2. The lowest BCUT2D eigenvalue weighted by molar-refractivity contribution is 0.102. The van der Waals surface area contributed by atoms with E-state index < -0.39 is 0 Å². The van der Waals surface area contributed by atoms with Gasteiger partial charge in [-0.25, -0.2) is 9.67 Å². The molecular formula is C20H18N6O. The lowest BCUT2D eigenvalue weighted by Crippen LogP contribution is -2.17. The van der Waals surface area contributed by atoms with Gasteiger partial charge in [-0.15, -0.1) is 0 Å². The van der Waals surface area contributed by atoms with Crippen molar-refractivity contribution in [1.29, 1.82) is 0 Å². The van der Waals surface area contributed by atoms with E-state index in [2.05, 4.69) is 20.5 Å². The third-order valence-corrected chi connectivity index (χ3v) is 4.33. The number of aromatic nitrogens is 5. The number of benzene rings is 2. The predicted octanol–water partition coefficient (Wildman–Crippen LogP) is 3.23. The van der Waals surface area contributed by atoms with Gasteiger partial charge in [-0.3, -0.25) is 9.48 Å². The Bertz CT molecular complexity index is 1080. The predicted molar refractivity (Wildman–Crippen MR) is 103 cm³/mol. The zero-order valence-electron chi connectivity index (χ0n) is 15.0. The highest BCUT2D eigenvalue weighted by Crippen LogP contribution is 2.31. The van der Waals surface area contributed by atoms with Crippen molar-refractivity contribution in [2.24, 2.45) is 7.05 Å². The summed E-state index contributed by atoms with van der Waals surface area (Å²) < 4.78 is 3.26. The summed E-state index contributed by atoms with van der Waals surface area (Å²) in [5.74, 6) is 0.415. The third kappa shape index (κ3) is 3.10. The van der Waals surface area contributed by atoms with Crippen LogP contribution in [0.1, 0.15) is 16.1 Å². The number of amides is 1. The molecule has 0 fully saturated rings. The van der Waals surface area contributed by atoms with Gasteiger partial charge in [0.25, 0.3) is 5.91 Å².